The molecule has 6 heteroatoms. The maximum absolute atomic E-state index is 13.8. The van der Waals surface area contributed by atoms with Crippen molar-refractivity contribution in [1.82, 2.24) is 5.32 Å². The molecule has 2 aliphatic rings. The number of amides is 2. The second-order valence-corrected chi connectivity index (χ2v) is 5.97. The number of nitrogens with one attached hydrogen (secondary N) is 1. The Bertz CT molecular complexity index is 580. The van der Waals surface area contributed by atoms with Crippen LogP contribution in [0.25, 0.3) is 0 Å². The van der Waals surface area contributed by atoms with Gasteiger partial charge in [0.2, 0.25) is 11.8 Å². The van der Waals surface area contributed by atoms with Crippen molar-refractivity contribution in [2.45, 2.75) is 38.1 Å². The zero-order valence-electron chi connectivity index (χ0n) is 12.1. The molecule has 1 N–H and O–H groups in total. The first kappa shape index (κ1) is 14.9. The normalized spacial score (nSPS) is 22.4. The Labute approximate surface area is 127 Å². The summed E-state index contributed by atoms with van der Waals surface area (Å²) >= 11 is 0. The molecule has 1 heterocycles. The first-order chi connectivity index (χ1) is 10.6. The van der Waals surface area contributed by atoms with Crippen LogP contribution in [0.2, 0.25) is 0 Å². The molecule has 1 saturated heterocycles. The minimum atomic E-state index is -0.787. The Morgan fingerprint density at radius 3 is 2.45 bits per heavy atom. The molecular formula is C16H18F2N2O2. The number of para-hydroxylation sites is 1. The Morgan fingerprint density at radius 1 is 1.18 bits per heavy atom. The molecule has 4 nitrogen and oxygen atoms in total. The highest BCUT2D eigenvalue weighted by Crippen LogP contribution is 2.30. The standard InChI is InChI=1S/C16H18F2N2O2/c17-12-6-3-7-13(18)15(12)20-9-10(8-14(20)21)16(22)19-11-4-1-2-5-11/h3,6-7,10-11H,1-2,4-5,8-9H2,(H,19,22). The Morgan fingerprint density at radius 2 is 1.82 bits per heavy atom. The molecule has 118 valence electrons. The highest BCUT2D eigenvalue weighted by atomic mass is 19.1. The van der Waals surface area contributed by atoms with Crippen LogP contribution in [-0.4, -0.2) is 24.4 Å². The van der Waals surface area contributed by atoms with E-state index in [9.17, 15) is 18.4 Å². The number of halogens is 2. The van der Waals surface area contributed by atoms with Gasteiger partial charge >= 0.3 is 0 Å². The minimum absolute atomic E-state index is 0.00761. The van der Waals surface area contributed by atoms with Gasteiger partial charge in [0.25, 0.3) is 0 Å². The van der Waals surface area contributed by atoms with Crippen LogP contribution < -0.4 is 10.2 Å². The number of hydrogen-bond acceptors (Lipinski definition) is 2. The minimum Gasteiger partial charge on any atom is -0.353 e. The lowest BCUT2D eigenvalue weighted by Crippen LogP contribution is -2.38. The number of anilines is 1. The molecule has 1 aromatic rings. The molecule has 1 atom stereocenters. The monoisotopic (exact) mass is 308 g/mol. The van der Waals surface area contributed by atoms with Crippen LogP contribution >= 0.6 is 0 Å². The van der Waals surface area contributed by atoms with Crippen molar-refractivity contribution in [3.63, 3.8) is 0 Å². The van der Waals surface area contributed by atoms with E-state index >= 15 is 0 Å². The average molecular weight is 308 g/mol. The van der Waals surface area contributed by atoms with Crippen molar-refractivity contribution in [3.05, 3.63) is 29.8 Å². The smallest absolute Gasteiger partial charge is 0.228 e. The molecule has 1 saturated carbocycles. The number of rotatable bonds is 3. The van der Waals surface area contributed by atoms with E-state index in [0.717, 1.165) is 42.7 Å². The second kappa shape index (κ2) is 6.02. The van der Waals surface area contributed by atoms with E-state index in [1.54, 1.807) is 0 Å². The summed E-state index contributed by atoms with van der Waals surface area (Å²) in [6.07, 6.45) is 4.10. The van der Waals surface area contributed by atoms with Gasteiger partial charge in [0.1, 0.15) is 17.3 Å². The van der Waals surface area contributed by atoms with Gasteiger partial charge in [-0.25, -0.2) is 8.78 Å². The quantitative estimate of drug-likeness (QED) is 0.932. The summed E-state index contributed by atoms with van der Waals surface area (Å²) in [5, 5.41) is 2.94. The fourth-order valence-electron chi connectivity index (χ4n) is 3.24. The highest BCUT2D eigenvalue weighted by molar-refractivity contribution is 6.00. The molecule has 1 aliphatic heterocycles. The van der Waals surface area contributed by atoms with Crippen LogP contribution in [0.5, 0.6) is 0 Å². The van der Waals surface area contributed by atoms with Gasteiger partial charge in [-0.2, -0.15) is 0 Å². The maximum atomic E-state index is 13.8. The zero-order valence-corrected chi connectivity index (χ0v) is 12.1. The number of hydrogen-bond donors (Lipinski definition) is 1. The summed E-state index contributed by atoms with van der Waals surface area (Å²) in [6, 6.07) is 3.63. The van der Waals surface area contributed by atoms with Gasteiger partial charge in [0.15, 0.2) is 0 Å². The lowest BCUT2D eigenvalue weighted by Gasteiger charge is -2.19. The topological polar surface area (TPSA) is 49.4 Å². The van der Waals surface area contributed by atoms with Gasteiger partial charge < -0.3 is 10.2 Å². The van der Waals surface area contributed by atoms with Crippen LogP contribution in [0, 0.1) is 17.6 Å². The van der Waals surface area contributed by atoms with Crippen molar-refractivity contribution in [1.29, 1.82) is 0 Å². The van der Waals surface area contributed by atoms with Gasteiger partial charge in [0, 0.05) is 19.0 Å². The van der Waals surface area contributed by atoms with Crippen LogP contribution in [0.1, 0.15) is 32.1 Å². The SMILES string of the molecule is O=C(NC1CCCC1)C1CC(=O)N(c2c(F)cccc2F)C1. The zero-order chi connectivity index (χ0) is 15.7. The molecule has 0 aromatic heterocycles. The van der Waals surface area contributed by atoms with E-state index in [1.165, 1.54) is 6.07 Å². The Balaban J connectivity index is 1.71. The van der Waals surface area contributed by atoms with Gasteiger partial charge in [-0.3, -0.25) is 9.59 Å². The third-order valence-corrected chi connectivity index (χ3v) is 4.40. The molecule has 1 aliphatic carbocycles. The van der Waals surface area contributed by atoms with Gasteiger partial charge in [-0.05, 0) is 25.0 Å². The van der Waals surface area contributed by atoms with E-state index in [-0.39, 0.29) is 30.6 Å². The molecule has 0 bridgehead atoms. The molecule has 2 fully saturated rings. The second-order valence-electron chi connectivity index (χ2n) is 5.97. The molecule has 0 spiro atoms. The molecule has 0 radical (unpaired) electrons. The molecule has 1 unspecified atom stereocenters. The van der Waals surface area contributed by atoms with E-state index in [4.69, 9.17) is 0 Å². The molecular weight excluding hydrogens is 290 g/mol. The van der Waals surface area contributed by atoms with Crippen molar-refractivity contribution in [2.75, 3.05) is 11.4 Å². The Kier molecular flexibility index (Phi) is 4.09. The van der Waals surface area contributed by atoms with Crippen LogP contribution in [0.15, 0.2) is 18.2 Å². The first-order valence-corrected chi connectivity index (χ1v) is 7.61. The Hall–Kier alpha value is -1.98. The third kappa shape index (κ3) is 2.82. The summed E-state index contributed by atoms with van der Waals surface area (Å²) < 4.78 is 27.6. The number of carbonyl (C=O) groups is 2. The number of benzene rings is 1. The van der Waals surface area contributed by atoms with Gasteiger partial charge in [-0.1, -0.05) is 18.9 Å². The number of nitrogens with zero attached hydrogens (tertiary/aromatic N) is 1. The van der Waals surface area contributed by atoms with Crippen molar-refractivity contribution in [2.24, 2.45) is 5.92 Å². The lowest BCUT2D eigenvalue weighted by molar-refractivity contribution is -0.126. The van der Waals surface area contributed by atoms with Crippen LogP contribution in [0.3, 0.4) is 0 Å². The molecule has 3 rings (SSSR count). The summed E-state index contributed by atoms with van der Waals surface area (Å²) in [5.74, 6) is -2.74. The van der Waals surface area contributed by atoms with Crippen molar-refractivity contribution in [3.8, 4) is 0 Å². The molecule has 1 aromatic carbocycles. The van der Waals surface area contributed by atoms with Crippen LogP contribution in [0.4, 0.5) is 14.5 Å². The van der Waals surface area contributed by atoms with E-state index in [0.29, 0.717) is 0 Å². The predicted molar refractivity (Wildman–Crippen MR) is 77.2 cm³/mol. The lowest BCUT2D eigenvalue weighted by atomic mass is 10.1. The summed E-state index contributed by atoms with van der Waals surface area (Å²) in [4.78, 5) is 25.3. The first-order valence-electron chi connectivity index (χ1n) is 7.61. The fraction of sp³-hybridized carbons (Fsp3) is 0.500. The predicted octanol–water partition coefficient (Wildman–Crippen LogP) is 2.38. The van der Waals surface area contributed by atoms with Crippen LogP contribution in [-0.2, 0) is 9.59 Å². The molecule has 2 amide bonds. The van der Waals surface area contributed by atoms with E-state index in [1.807, 2.05) is 0 Å². The van der Waals surface area contributed by atoms with Crippen molar-refractivity contribution >= 4 is 17.5 Å². The maximum Gasteiger partial charge on any atom is 0.228 e. The fourth-order valence-corrected chi connectivity index (χ4v) is 3.24. The third-order valence-electron chi connectivity index (χ3n) is 4.40. The van der Waals surface area contributed by atoms with Crippen molar-refractivity contribution < 1.29 is 18.4 Å². The van der Waals surface area contributed by atoms with Gasteiger partial charge in [0.05, 0.1) is 5.92 Å². The van der Waals surface area contributed by atoms with Gasteiger partial charge in [-0.15, -0.1) is 0 Å². The van der Waals surface area contributed by atoms with E-state index in [2.05, 4.69) is 5.32 Å². The average Bonchev–Trinajstić information content (AvgIpc) is 3.09. The highest BCUT2D eigenvalue weighted by Gasteiger charge is 2.38. The summed E-state index contributed by atoms with van der Waals surface area (Å²) in [5.41, 5.74) is -0.358. The van der Waals surface area contributed by atoms with E-state index < -0.39 is 23.5 Å². The molecule has 22 heavy (non-hydrogen) atoms. The largest absolute Gasteiger partial charge is 0.353 e. The summed E-state index contributed by atoms with van der Waals surface area (Å²) in [7, 11) is 0. The summed E-state index contributed by atoms with van der Waals surface area (Å²) in [6.45, 7) is 0.0231. The number of carbonyl (C=O) groups excluding carboxylic acids is 2.